The molecule has 25 heavy (non-hydrogen) atoms. The lowest BCUT2D eigenvalue weighted by Gasteiger charge is -2.17. The van der Waals surface area contributed by atoms with E-state index in [2.05, 4.69) is 15.3 Å². The van der Waals surface area contributed by atoms with Crippen LogP contribution in [0.5, 0.6) is 0 Å². The molecular formula is C20H20N4O. The smallest absolute Gasteiger partial charge is 0.272 e. The minimum absolute atomic E-state index is 0.140. The van der Waals surface area contributed by atoms with Gasteiger partial charge in [0, 0.05) is 25.5 Å². The van der Waals surface area contributed by atoms with Crippen molar-refractivity contribution < 1.29 is 4.79 Å². The van der Waals surface area contributed by atoms with E-state index < -0.39 is 0 Å². The lowest BCUT2D eigenvalue weighted by Crippen LogP contribution is -2.27. The quantitative estimate of drug-likeness (QED) is 0.772. The number of nitrogens with zero attached hydrogens (tertiary/aromatic N) is 3. The van der Waals surface area contributed by atoms with E-state index in [0.29, 0.717) is 18.2 Å². The van der Waals surface area contributed by atoms with Crippen LogP contribution in [0.3, 0.4) is 0 Å². The van der Waals surface area contributed by atoms with Crippen LogP contribution in [0.1, 0.15) is 21.6 Å². The molecule has 5 heteroatoms. The first kappa shape index (κ1) is 16.6. The lowest BCUT2D eigenvalue weighted by atomic mass is 10.2. The number of carbonyl (C=O) groups is 1. The molecule has 1 N–H and O–H groups in total. The predicted octanol–water partition coefficient (Wildman–Crippen LogP) is 3.80. The molecule has 1 amide bonds. The van der Waals surface area contributed by atoms with Crippen LogP contribution in [-0.4, -0.2) is 27.8 Å². The van der Waals surface area contributed by atoms with E-state index in [9.17, 15) is 4.79 Å². The van der Waals surface area contributed by atoms with Crippen molar-refractivity contribution in [1.82, 2.24) is 14.9 Å². The maximum absolute atomic E-state index is 12.6. The molecule has 126 valence electrons. The Hall–Kier alpha value is -3.21. The zero-order valence-electron chi connectivity index (χ0n) is 14.3. The average molecular weight is 332 g/mol. The van der Waals surface area contributed by atoms with Gasteiger partial charge in [-0.1, -0.05) is 42.5 Å². The molecule has 0 atom stereocenters. The molecule has 0 aliphatic heterocycles. The van der Waals surface area contributed by atoms with Crippen LogP contribution in [0.15, 0.2) is 66.9 Å². The fourth-order valence-electron chi connectivity index (χ4n) is 2.51. The lowest BCUT2D eigenvalue weighted by molar-refractivity contribution is 0.0779. The Kier molecular flexibility index (Phi) is 5.04. The van der Waals surface area contributed by atoms with Gasteiger partial charge in [0.25, 0.3) is 5.91 Å². The van der Waals surface area contributed by atoms with E-state index in [1.165, 1.54) is 0 Å². The number of aromatic nitrogens is 2. The standard InChI is InChI=1S/C20H20N4O/c1-15-7-6-10-17(13-15)22-20-21-12-11-18(23-20)19(25)24(2)14-16-8-4-3-5-9-16/h3-13H,14H2,1-2H3,(H,21,22,23). The van der Waals surface area contributed by atoms with Gasteiger partial charge in [-0.05, 0) is 36.2 Å². The van der Waals surface area contributed by atoms with Crippen LogP contribution in [0.25, 0.3) is 0 Å². The van der Waals surface area contributed by atoms with Gasteiger partial charge in [0.1, 0.15) is 5.69 Å². The fourth-order valence-corrected chi connectivity index (χ4v) is 2.51. The summed E-state index contributed by atoms with van der Waals surface area (Å²) in [7, 11) is 1.77. The Labute approximate surface area is 147 Å². The average Bonchev–Trinajstić information content (AvgIpc) is 2.62. The monoisotopic (exact) mass is 332 g/mol. The highest BCUT2D eigenvalue weighted by molar-refractivity contribution is 5.92. The third-order valence-corrected chi connectivity index (χ3v) is 3.76. The van der Waals surface area contributed by atoms with Crippen molar-refractivity contribution in [3.05, 3.63) is 83.7 Å². The zero-order chi connectivity index (χ0) is 17.6. The highest BCUT2D eigenvalue weighted by Crippen LogP contribution is 2.15. The van der Waals surface area contributed by atoms with Crippen molar-refractivity contribution in [3.63, 3.8) is 0 Å². The summed E-state index contributed by atoms with van der Waals surface area (Å²) in [5, 5.41) is 3.14. The summed E-state index contributed by atoms with van der Waals surface area (Å²) < 4.78 is 0. The number of nitrogens with one attached hydrogen (secondary N) is 1. The second kappa shape index (κ2) is 7.57. The Bertz CT molecular complexity index is 864. The fraction of sp³-hybridized carbons (Fsp3) is 0.150. The summed E-state index contributed by atoms with van der Waals surface area (Å²) in [5.74, 6) is 0.267. The second-order valence-electron chi connectivity index (χ2n) is 5.91. The molecule has 0 saturated carbocycles. The SMILES string of the molecule is Cc1cccc(Nc2nccc(C(=O)N(C)Cc3ccccc3)n2)c1. The summed E-state index contributed by atoms with van der Waals surface area (Å²) >= 11 is 0. The summed E-state index contributed by atoms with van der Waals surface area (Å²) in [6.45, 7) is 2.55. The number of carbonyl (C=O) groups excluding carboxylic acids is 1. The Morgan fingerprint density at radius 3 is 2.64 bits per heavy atom. The van der Waals surface area contributed by atoms with E-state index >= 15 is 0 Å². The molecule has 0 aliphatic rings. The highest BCUT2D eigenvalue weighted by atomic mass is 16.2. The van der Waals surface area contributed by atoms with Gasteiger partial charge >= 0.3 is 0 Å². The first-order chi connectivity index (χ1) is 12.1. The van der Waals surface area contributed by atoms with Crippen LogP contribution in [-0.2, 0) is 6.54 Å². The first-order valence-corrected chi connectivity index (χ1v) is 8.08. The molecule has 0 fully saturated rings. The normalized spacial score (nSPS) is 10.3. The van der Waals surface area contributed by atoms with Crippen molar-refractivity contribution in [3.8, 4) is 0 Å². The number of amides is 1. The van der Waals surface area contributed by atoms with Gasteiger partial charge in [0.05, 0.1) is 0 Å². The number of anilines is 2. The van der Waals surface area contributed by atoms with Gasteiger partial charge in [0.2, 0.25) is 5.95 Å². The molecule has 0 unspecified atom stereocenters. The number of aryl methyl sites for hydroxylation is 1. The number of benzene rings is 2. The summed E-state index contributed by atoms with van der Waals surface area (Å²) in [6.07, 6.45) is 1.59. The van der Waals surface area contributed by atoms with Gasteiger partial charge in [-0.15, -0.1) is 0 Å². The molecule has 2 aromatic carbocycles. The molecule has 0 bridgehead atoms. The molecule has 1 heterocycles. The van der Waals surface area contributed by atoms with Crippen molar-refractivity contribution in [2.45, 2.75) is 13.5 Å². The van der Waals surface area contributed by atoms with Crippen LogP contribution in [0.2, 0.25) is 0 Å². The van der Waals surface area contributed by atoms with Crippen molar-refractivity contribution in [2.24, 2.45) is 0 Å². The van der Waals surface area contributed by atoms with Gasteiger partial charge in [-0.25, -0.2) is 9.97 Å². The predicted molar refractivity (Wildman–Crippen MR) is 98.7 cm³/mol. The number of hydrogen-bond donors (Lipinski definition) is 1. The summed E-state index contributed by atoms with van der Waals surface area (Å²) in [6, 6.07) is 19.4. The molecule has 0 aliphatic carbocycles. The minimum atomic E-state index is -0.140. The van der Waals surface area contributed by atoms with Gasteiger partial charge in [-0.3, -0.25) is 4.79 Å². The van der Waals surface area contributed by atoms with E-state index in [4.69, 9.17) is 0 Å². The van der Waals surface area contributed by atoms with Crippen LogP contribution < -0.4 is 5.32 Å². The molecule has 3 rings (SSSR count). The third-order valence-electron chi connectivity index (χ3n) is 3.76. The Morgan fingerprint density at radius 2 is 1.88 bits per heavy atom. The molecule has 5 nitrogen and oxygen atoms in total. The maximum Gasteiger partial charge on any atom is 0.272 e. The second-order valence-corrected chi connectivity index (χ2v) is 5.91. The van der Waals surface area contributed by atoms with Gasteiger partial charge < -0.3 is 10.2 Å². The van der Waals surface area contributed by atoms with Crippen LogP contribution >= 0.6 is 0 Å². The number of rotatable bonds is 5. The molecule has 3 aromatic rings. The Morgan fingerprint density at radius 1 is 1.08 bits per heavy atom. The highest BCUT2D eigenvalue weighted by Gasteiger charge is 2.14. The zero-order valence-corrected chi connectivity index (χ0v) is 14.3. The maximum atomic E-state index is 12.6. The minimum Gasteiger partial charge on any atom is -0.336 e. The van der Waals surface area contributed by atoms with Crippen LogP contribution in [0.4, 0.5) is 11.6 Å². The van der Waals surface area contributed by atoms with Gasteiger partial charge in [-0.2, -0.15) is 0 Å². The van der Waals surface area contributed by atoms with Crippen molar-refractivity contribution in [1.29, 1.82) is 0 Å². The van der Waals surface area contributed by atoms with E-state index in [-0.39, 0.29) is 5.91 Å². The Balaban J connectivity index is 1.73. The first-order valence-electron chi connectivity index (χ1n) is 8.08. The van der Waals surface area contributed by atoms with Gasteiger partial charge in [0.15, 0.2) is 0 Å². The molecule has 0 radical (unpaired) electrons. The summed E-state index contributed by atoms with van der Waals surface area (Å²) in [5.41, 5.74) is 3.47. The van der Waals surface area contributed by atoms with E-state index in [1.807, 2.05) is 61.5 Å². The molecule has 0 spiro atoms. The largest absolute Gasteiger partial charge is 0.336 e. The van der Waals surface area contributed by atoms with Crippen molar-refractivity contribution in [2.75, 3.05) is 12.4 Å². The van der Waals surface area contributed by atoms with E-state index in [0.717, 1.165) is 16.8 Å². The molecule has 0 saturated heterocycles. The topological polar surface area (TPSA) is 58.1 Å². The summed E-state index contributed by atoms with van der Waals surface area (Å²) in [4.78, 5) is 22.8. The van der Waals surface area contributed by atoms with Crippen LogP contribution in [0, 0.1) is 6.92 Å². The molecule has 1 aromatic heterocycles. The molecular weight excluding hydrogens is 312 g/mol. The third kappa shape index (κ3) is 4.41. The van der Waals surface area contributed by atoms with Crippen molar-refractivity contribution >= 4 is 17.5 Å². The number of hydrogen-bond acceptors (Lipinski definition) is 4. The van der Waals surface area contributed by atoms with E-state index in [1.54, 1.807) is 24.2 Å².